The number of aryl methyl sites for hydroxylation is 1. The number of imidazole rings is 1. The predicted molar refractivity (Wildman–Crippen MR) is 84.5 cm³/mol. The number of rotatable bonds is 5. The second-order valence-electron chi connectivity index (χ2n) is 4.90. The zero-order valence-corrected chi connectivity index (χ0v) is 12.0. The first-order valence-electron chi connectivity index (χ1n) is 7.24. The Kier molecular flexibility index (Phi) is 4.01. The van der Waals surface area contributed by atoms with E-state index in [1.54, 1.807) is 0 Å². The molecule has 0 bridgehead atoms. The van der Waals surface area contributed by atoms with Crippen LogP contribution in [0, 0.1) is 0 Å². The first-order valence-corrected chi connectivity index (χ1v) is 7.24. The van der Waals surface area contributed by atoms with E-state index in [4.69, 9.17) is 4.74 Å². The molecule has 0 unspecified atom stereocenters. The largest absolute Gasteiger partial charge is 0.426 e. The molecule has 21 heavy (non-hydrogen) atoms. The number of para-hydroxylation sites is 1. The van der Waals surface area contributed by atoms with Crippen molar-refractivity contribution in [2.24, 2.45) is 0 Å². The van der Waals surface area contributed by atoms with Gasteiger partial charge < -0.3 is 9.72 Å². The molecule has 2 aromatic carbocycles. The number of nitrogens with one attached hydrogen (secondary N) is 1. The molecule has 0 amide bonds. The Hall–Kier alpha value is -2.55. The van der Waals surface area contributed by atoms with Crippen molar-refractivity contribution in [3.05, 3.63) is 66.4 Å². The standard InChI is InChI=1S/C18H18N2O/c1-2-9-16-17(14-10-5-3-6-11-14)20-18(19-16)21-15-12-7-4-8-13-15/h3-8,10-13H,2,9H2,1H3,(H,19,20). The molecule has 0 radical (unpaired) electrons. The molecule has 0 fully saturated rings. The summed E-state index contributed by atoms with van der Waals surface area (Å²) >= 11 is 0. The van der Waals surface area contributed by atoms with Gasteiger partial charge in [-0.2, -0.15) is 4.98 Å². The van der Waals surface area contributed by atoms with Gasteiger partial charge in [-0.3, -0.25) is 0 Å². The molecule has 3 aromatic rings. The van der Waals surface area contributed by atoms with Gasteiger partial charge in [0.1, 0.15) is 5.75 Å². The fraction of sp³-hybridized carbons (Fsp3) is 0.167. The number of hydrogen-bond acceptors (Lipinski definition) is 2. The second-order valence-corrected chi connectivity index (χ2v) is 4.90. The minimum atomic E-state index is 0.545. The van der Waals surface area contributed by atoms with Crippen LogP contribution in [0.1, 0.15) is 19.0 Å². The molecular weight excluding hydrogens is 260 g/mol. The highest BCUT2D eigenvalue weighted by atomic mass is 16.5. The summed E-state index contributed by atoms with van der Waals surface area (Å²) in [6.45, 7) is 2.16. The van der Waals surface area contributed by atoms with E-state index in [0.29, 0.717) is 6.01 Å². The average molecular weight is 278 g/mol. The molecule has 0 aliphatic rings. The fourth-order valence-electron chi connectivity index (χ4n) is 2.30. The summed E-state index contributed by atoms with van der Waals surface area (Å²) in [6, 6.07) is 20.5. The van der Waals surface area contributed by atoms with Crippen molar-refractivity contribution in [2.75, 3.05) is 0 Å². The van der Waals surface area contributed by atoms with Crippen LogP contribution in [0.15, 0.2) is 60.7 Å². The summed E-state index contributed by atoms with van der Waals surface area (Å²) in [7, 11) is 0. The highest BCUT2D eigenvalue weighted by Gasteiger charge is 2.12. The van der Waals surface area contributed by atoms with E-state index in [1.807, 2.05) is 48.5 Å². The lowest BCUT2D eigenvalue weighted by Gasteiger charge is -2.00. The van der Waals surface area contributed by atoms with Crippen LogP contribution >= 0.6 is 0 Å². The molecule has 0 spiro atoms. The van der Waals surface area contributed by atoms with Crippen molar-refractivity contribution in [3.63, 3.8) is 0 Å². The van der Waals surface area contributed by atoms with Gasteiger partial charge >= 0.3 is 0 Å². The molecule has 3 nitrogen and oxygen atoms in total. The normalized spacial score (nSPS) is 10.5. The van der Waals surface area contributed by atoms with Gasteiger partial charge in [0.15, 0.2) is 0 Å². The van der Waals surface area contributed by atoms with Gasteiger partial charge in [0.2, 0.25) is 0 Å². The smallest absolute Gasteiger partial charge is 0.299 e. The molecule has 0 atom stereocenters. The molecule has 1 N–H and O–H groups in total. The Labute approximate surface area is 124 Å². The summed E-state index contributed by atoms with van der Waals surface area (Å²) < 4.78 is 5.80. The lowest BCUT2D eigenvalue weighted by atomic mass is 10.1. The number of ether oxygens (including phenoxy) is 1. The van der Waals surface area contributed by atoms with Crippen molar-refractivity contribution in [2.45, 2.75) is 19.8 Å². The highest BCUT2D eigenvalue weighted by Crippen LogP contribution is 2.27. The average Bonchev–Trinajstić information content (AvgIpc) is 2.92. The van der Waals surface area contributed by atoms with E-state index in [9.17, 15) is 0 Å². The highest BCUT2D eigenvalue weighted by molar-refractivity contribution is 5.62. The minimum Gasteiger partial charge on any atom is -0.426 e. The number of hydrogen-bond donors (Lipinski definition) is 1. The fourth-order valence-corrected chi connectivity index (χ4v) is 2.30. The van der Waals surface area contributed by atoms with E-state index in [1.165, 1.54) is 0 Å². The minimum absolute atomic E-state index is 0.545. The van der Waals surface area contributed by atoms with Gasteiger partial charge in [0.05, 0.1) is 5.69 Å². The zero-order valence-electron chi connectivity index (χ0n) is 12.0. The van der Waals surface area contributed by atoms with E-state index >= 15 is 0 Å². The zero-order chi connectivity index (χ0) is 14.5. The molecule has 3 heteroatoms. The summed E-state index contributed by atoms with van der Waals surface area (Å²) in [5.41, 5.74) is 3.21. The number of H-pyrrole nitrogens is 1. The van der Waals surface area contributed by atoms with Crippen LogP contribution in [0.5, 0.6) is 11.8 Å². The van der Waals surface area contributed by atoms with Gasteiger partial charge in [-0.1, -0.05) is 61.9 Å². The first kappa shape index (κ1) is 13.4. The number of aromatic nitrogens is 2. The van der Waals surface area contributed by atoms with Crippen LogP contribution in [0.3, 0.4) is 0 Å². The summed E-state index contributed by atoms with van der Waals surface area (Å²) in [5, 5.41) is 0. The van der Waals surface area contributed by atoms with Gasteiger partial charge in [0, 0.05) is 11.3 Å². The molecule has 3 rings (SSSR count). The Morgan fingerprint density at radius 3 is 2.29 bits per heavy atom. The second kappa shape index (κ2) is 6.27. The van der Waals surface area contributed by atoms with E-state index in [-0.39, 0.29) is 0 Å². The van der Waals surface area contributed by atoms with Crippen molar-refractivity contribution >= 4 is 0 Å². The van der Waals surface area contributed by atoms with Crippen LogP contribution in [0.25, 0.3) is 11.3 Å². The van der Waals surface area contributed by atoms with E-state index < -0.39 is 0 Å². The monoisotopic (exact) mass is 278 g/mol. The maximum atomic E-state index is 5.80. The van der Waals surface area contributed by atoms with Gasteiger partial charge in [-0.15, -0.1) is 0 Å². The topological polar surface area (TPSA) is 37.9 Å². The Morgan fingerprint density at radius 1 is 0.952 bits per heavy atom. The Morgan fingerprint density at radius 2 is 1.62 bits per heavy atom. The van der Waals surface area contributed by atoms with Crippen LogP contribution < -0.4 is 4.74 Å². The summed E-state index contributed by atoms with van der Waals surface area (Å²) in [6.07, 6.45) is 2.02. The maximum absolute atomic E-state index is 5.80. The lowest BCUT2D eigenvalue weighted by molar-refractivity contribution is 0.447. The number of aromatic amines is 1. The molecule has 106 valence electrons. The van der Waals surface area contributed by atoms with Gasteiger partial charge in [-0.25, -0.2) is 0 Å². The lowest BCUT2D eigenvalue weighted by Crippen LogP contribution is -1.88. The van der Waals surface area contributed by atoms with E-state index in [2.05, 4.69) is 29.0 Å². The Bertz CT molecular complexity index is 690. The third-order valence-corrected chi connectivity index (χ3v) is 3.26. The molecule has 1 heterocycles. The summed E-state index contributed by atoms with van der Waals surface area (Å²) in [5.74, 6) is 0.786. The number of nitrogens with zero attached hydrogens (tertiary/aromatic N) is 1. The summed E-state index contributed by atoms with van der Waals surface area (Å²) in [4.78, 5) is 7.91. The van der Waals surface area contributed by atoms with Crippen LogP contribution in [0.2, 0.25) is 0 Å². The quantitative estimate of drug-likeness (QED) is 0.726. The molecule has 1 aromatic heterocycles. The maximum Gasteiger partial charge on any atom is 0.299 e. The van der Waals surface area contributed by atoms with Gasteiger partial charge in [-0.05, 0) is 18.6 Å². The van der Waals surface area contributed by atoms with Crippen molar-refractivity contribution in [1.82, 2.24) is 9.97 Å². The molecular formula is C18H18N2O. The van der Waals surface area contributed by atoms with Crippen molar-refractivity contribution in [3.8, 4) is 23.0 Å². The van der Waals surface area contributed by atoms with E-state index in [0.717, 1.165) is 35.5 Å². The Balaban J connectivity index is 1.93. The third-order valence-electron chi connectivity index (χ3n) is 3.26. The first-order chi connectivity index (χ1) is 10.4. The number of benzene rings is 2. The van der Waals surface area contributed by atoms with Crippen LogP contribution in [-0.2, 0) is 6.42 Å². The SMILES string of the molecule is CCCc1[nH]c(Oc2ccccc2)nc1-c1ccccc1. The van der Waals surface area contributed by atoms with Crippen LogP contribution in [0.4, 0.5) is 0 Å². The van der Waals surface area contributed by atoms with Crippen molar-refractivity contribution in [1.29, 1.82) is 0 Å². The molecule has 0 saturated carbocycles. The van der Waals surface area contributed by atoms with Crippen LogP contribution in [-0.4, -0.2) is 9.97 Å². The van der Waals surface area contributed by atoms with Gasteiger partial charge in [0.25, 0.3) is 6.01 Å². The van der Waals surface area contributed by atoms with Crippen molar-refractivity contribution < 1.29 is 4.74 Å². The predicted octanol–water partition coefficient (Wildman–Crippen LogP) is 4.82. The third kappa shape index (κ3) is 3.14. The molecule has 0 saturated heterocycles. The molecule has 0 aliphatic carbocycles. The molecule has 0 aliphatic heterocycles.